The first kappa shape index (κ1) is 89.2. The van der Waals surface area contributed by atoms with Crippen LogP contribution in [0.4, 0.5) is 5.69 Å². The van der Waals surface area contributed by atoms with Gasteiger partial charge in [0.2, 0.25) is 9.84 Å². The number of nitro benzene ring substituents is 1. The third-order valence-electron chi connectivity index (χ3n) is 23.6. The number of aryl methyl sites for hydroxylation is 4. The van der Waals surface area contributed by atoms with Crippen molar-refractivity contribution < 1.29 is 61.0 Å². The maximum absolute atomic E-state index is 12.2. The van der Waals surface area contributed by atoms with Crippen LogP contribution in [0.3, 0.4) is 0 Å². The predicted molar refractivity (Wildman–Crippen MR) is 535 cm³/mol. The van der Waals surface area contributed by atoms with Crippen molar-refractivity contribution in [1.82, 2.24) is 24.1 Å². The number of sulfone groups is 1. The first-order chi connectivity index (χ1) is 64.5. The number of carbonyl (C=O) groups is 8. The Balaban J connectivity index is 0.000000106. The lowest BCUT2D eigenvalue weighted by molar-refractivity contribution is -0.384. The summed E-state index contributed by atoms with van der Waals surface area (Å²) >= 11 is 11.1. The zero-order chi connectivity index (χ0) is 93.2. The number of phenols is 1. The standard InChI is InChI=1S/C16H15NO.C14H10N2O3.C13H8BrNO.C13H8ClNO.C13H9NO2.C13H8O3S.C13H8O2S.C13H8OS/c1-10-8-12(9-18)11(2)15-13-6-4-5-7-14(13)17(3)16(10)15;1-15-13-4-2-9(8-17)6-11(13)12-7-10(16(18)19)3-5-14(12)15;2*14-11-6-13-10(5-8(11)7-16)9-3-1-2-4-12(9)15-13;15-7-8-5-10-9-3-1-2-4-11(9)14-12(10)6-13(8)16;14-8-9-5-6-13-11(7-9)10-3-1-2-4-12(10)17(13,15)16;14-8-9-5-6-13-11(7-9)10-3-1-2-4-12(10)16(13)15;14-8-9-5-6-13-11(7-9)10-3-1-2-4-12(10)15-13/h4-9H,1-3H3;2-8H,1H3;2*1-7,15H;1-7,14,16H;1-8H;1-8H;1-8H. The zero-order valence-corrected chi connectivity index (χ0v) is 75.9. The number of phenolic OH excluding ortho intramolecular Hbond substituents is 1. The summed E-state index contributed by atoms with van der Waals surface area (Å²) in [5, 5.41) is 33.8. The molecule has 25 heteroatoms. The van der Waals surface area contributed by atoms with E-state index in [1.807, 2.05) is 182 Å². The van der Waals surface area contributed by atoms with Gasteiger partial charge in [-0.25, -0.2) is 12.6 Å². The number of aromatic hydroxyl groups is 1. The third kappa shape index (κ3) is 17.0. The molecule has 0 bridgehead atoms. The van der Waals surface area contributed by atoms with Crippen molar-refractivity contribution in [2.75, 3.05) is 0 Å². The quantitative estimate of drug-likeness (QED) is 0.0593. The van der Waals surface area contributed by atoms with E-state index in [1.165, 1.54) is 60.2 Å². The molecule has 2 aliphatic heterocycles. The predicted octanol–water partition coefficient (Wildman–Crippen LogP) is 26.2. The van der Waals surface area contributed by atoms with E-state index in [-0.39, 0.29) is 16.3 Å². The summed E-state index contributed by atoms with van der Waals surface area (Å²) < 4.78 is 44.0. The summed E-state index contributed by atoms with van der Waals surface area (Å²) in [7, 11) is -0.524. The number of hydrogen-bond donors (Lipinski definition) is 4. The van der Waals surface area contributed by atoms with Gasteiger partial charge in [-0.15, -0.1) is 11.3 Å². The molecule has 0 saturated heterocycles. The van der Waals surface area contributed by atoms with Gasteiger partial charge in [0, 0.05) is 211 Å². The Morgan fingerprint density at radius 2 is 0.842 bits per heavy atom. The van der Waals surface area contributed by atoms with Crippen LogP contribution in [-0.4, -0.2) is 97.0 Å². The number of H-pyrrole nitrogens is 3. The molecule has 16 aromatic carbocycles. The minimum atomic E-state index is -3.41. The Bertz CT molecular complexity index is 8450. The highest BCUT2D eigenvalue weighted by Crippen LogP contribution is 2.45. The van der Waals surface area contributed by atoms with E-state index >= 15 is 0 Å². The molecule has 8 heterocycles. The molecule has 0 spiro atoms. The highest BCUT2D eigenvalue weighted by atomic mass is 79.9. The Morgan fingerprint density at radius 3 is 1.46 bits per heavy atom. The van der Waals surface area contributed by atoms with Crippen LogP contribution in [0, 0.1) is 24.0 Å². The smallest absolute Gasteiger partial charge is 0.270 e. The first-order valence-electron chi connectivity index (χ1n) is 41.4. The minimum absolute atomic E-state index is 0.00839. The van der Waals surface area contributed by atoms with Crippen LogP contribution in [0.1, 0.15) is 94.0 Å². The molecule has 133 heavy (non-hydrogen) atoms. The van der Waals surface area contributed by atoms with Crippen LogP contribution in [-0.2, 0) is 34.7 Å². The van der Waals surface area contributed by atoms with Crippen LogP contribution >= 0.6 is 38.9 Å². The number of aromatic nitrogens is 5. The van der Waals surface area contributed by atoms with Crippen molar-refractivity contribution in [1.29, 1.82) is 0 Å². The average Bonchev–Trinajstić information content (AvgIpc) is 1.58. The minimum Gasteiger partial charge on any atom is -0.507 e. The number of hydrogen-bond acceptors (Lipinski definition) is 15. The Labute approximate surface area is 778 Å². The van der Waals surface area contributed by atoms with Crippen molar-refractivity contribution in [3.63, 3.8) is 0 Å². The van der Waals surface area contributed by atoms with Gasteiger partial charge in [-0.3, -0.25) is 48.5 Å². The van der Waals surface area contributed by atoms with Crippen LogP contribution < -0.4 is 0 Å². The number of carbonyl (C=O) groups excluding carboxylic acids is 8. The molecular formula is C108H74BrClN6O14S3. The van der Waals surface area contributed by atoms with Gasteiger partial charge >= 0.3 is 0 Å². The van der Waals surface area contributed by atoms with Crippen molar-refractivity contribution in [2.24, 2.45) is 14.1 Å². The maximum atomic E-state index is 12.2. The van der Waals surface area contributed by atoms with Gasteiger partial charge in [-0.05, 0) is 186 Å². The number of nitrogens with zero attached hydrogens (tertiary/aromatic N) is 3. The number of aldehydes is 8. The fourth-order valence-electron chi connectivity index (χ4n) is 17.2. The third-order valence-corrected chi connectivity index (χ3v) is 29.1. The Morgan fingerprint density at radius 1 is 0.391 bits per heavy atom. The van der Waals surface area contributed by atoms with Crippen molar-refractivity contribution >= 4 is 245 Å². The number of aromatic amines is 3. The SMILES string of the molecule is Cc1c(C=O)cc(C)c2c1c1ccccc1n2C.Cn1c2ccc(C=O)cc2c2cc([N+](=O)[O-])ccc21.O=Cc1cc2c(cc1Br)[nH]c1ccccc12.O=Cc1cc2c(cc1Cl)[nH]c1ccccc12.O=Cc1cc2c(cc1O)[nH]c1ccccc12.O=Cc1ccc2c(c1)-c1ccccc1S2(=O)=O.O=Cc1ccc2c(c1)-c1ccccc1S2=O.O=Cc1ccc2sc3ccccc3c2c1. The molecular weight excluding hydrogens is 1820 g/mol. The monoisotopic (exact) mass is 1890 g/mol. The molecule has 4 N–H and O–H groups in total. The second kappa shape index (κ2) is 37.7. The van der Waals surface area contributed by atoms with Gasteiger partial charge in [0.25, 0.3) is 5.69 Å². The number of nitro groups is 1. The average molecular weight is 1890 g/mol. The molecule has 652 valence electrons. The van der Waals surface area contributed by atoms with Crippen LogP contribution in [0.2, 0.25) is 5.02 Å². The van der Waals surface area contributed by atoms with Crippen LogP contribution in [0.25, 0.3) is 151 Å². The fourth-order valence-corrected chi connectivity index (χ4v) is 21.9. The molecule has 0 saturated carbocycles. The number of nitrogens with one attached hydrogen (secondary N) is 3. The Hall–Kier alpha value is -15.8. The molecule has 0 fully saturated rings. The molecule has 22 aromatic rings. The molecule has 1 unspecified atom stereocenters. The maximum Gasteiger partial charge on any atom is 0.270 e. The molecule has 24 rings (SSSR count). The summed E-state index contributed by atoms with van der Waals surface area (Å²) in [6.45, 7) is 4.09. The number of non-ortho nitro benzene ring substituents is 1. The summed E-state index contributed by atoms with van der Waals surface area (Å²) in [6, 6.07) is 93.5. The summed E-state index contributed by atoms with van der Waals surface area (Å²) in [5.74, 6) is 0.00839. The van der Waals surface area contributed by atoms with E-state index in [9.17, 15) is 66.2 Å². The largest absolute Gasteiger partial charge is 0.507 e. The van der Waals surface area contributed by atoms with Crippen LogP contribution in [0.5, 0.6) is 5.75 Å². The molecule has 0 aliphatic carbocycles. The van der Waals surface area contributed by atoms with E-state index in [0.717, 1.165) is 173 Å². The molecule has 2 aliphatic rings. The highest BCUT2D eigenvalue weighted by molar-refractivity contribution is 9.10. The van der Waals surface area contributed by atoms with Gasteiger partial charge in [0.15, 0.2) is 18.9 Å². The van der Waals surface area contributed by atoms with Gasteiger partial charge in [0.05, 0.1) is 56.9 Å². The summed E-state index contributed by atoms with van der Waals surface area (Å²) in [4.78, 5) is 109. The highest BCUT2D eigenvalue weighted by Gasteiger charge is 2.33. The van der Waals surface area contributed by atoms with Gasteiger partial charge in [-0.2, -0.15) is 0 Å². The Kier molecular flexibility index (Phi) is 25.3. The lowest BCUT2D eigenvalue weighted by Gasteiger charge is -2.06. The number of benzene rings is 16. The van der Waals surface area contributed by atoms with E-state index in [4.69, 9.17) is 11.6 Å². The fraction of sp³-hybridized carbons (Fsp3) is 0.0370. The number of fused-ring (bicyclic) bond motifs is 24. The normalized spacial score (nSPS) is 12.2. The molecule has 0 amide bonds. The summed E-state index contributed by atoms with van der Waals surface area (Å²) in [6.07, 6.45) is 6.45. The van der Waals surface area contributed by atoms with E-state index in [0.29, 0.717) is 67.0 Å². The zero-order valence-electron chi connectivity index (χ0n) is 71.1. The first-order valence-corrected chi connectivity index (χ1v) is 46.0. The number of thiophene rings is 1. The van der Waals surface area contributed by atoms with E-state index in [2.05, 4.69) is 79.8 Å². The van der Waals surface area contributed by atoms with Crippen molar-refractivity contribution in [2.45, 2.75) is 33.4 Å². The lowest BCUT2D eigenvalue weighted by Crippen LogP contribution is -1.96. The van der Waals surface area contributed by atoms with Gasteiger partial charge < -0.3 is 29.2 Å². The van der Waals surface area contributed by atoms with E-state index in [1.54, 1.807) is 102 Å². The van der Waals surface area contributed by atoms with Crippen molar-refractivity contribution in [3.05, 3.63) is 379 Å². The topological polar surface area (TPSA) is 308 Å². The number of rotatable bonds is 9. The van der Waals surface area contributed by atoms with Gasteiger partial charge in [0.1, 0.15) is 37.2 Å². The van der Waals surface area contributed by atoms with Gasteiger partial charge in [-0.1, -0.05) is 157 Å². The molecule has 1 atom stereocenters. The molecule has 6 aromatic heterocycles. The molecule has 0 radical (unpaired) electrons. The number of halogens is 2. The lowest BCUT2D eigenvalue weighted by atomic mass is 9.99. The van der Waals surface area contributed by atoms with E-state index < -0.39 is 25.6 Å². The molecule has 20 nitrogen and oxygen atoms in total. The summed E-state index contributed by atoms with van der Waals surface area (Å²) in [5.41, 5.74) is 20.4. The second-order valence-electron chi connectivity index (χ2n) is 31.4. The van der Waals surface area contributed by atoms with Crippen molar-refractivity contribution in [3.8, 4) is 28.0 Å². The second-order valence-corrected chi connectivity index (χ2v) is 37.0. The number of para-hydroxylation sites is 4. The van der Waals surface area contributed by atoms with Crippen LogP contribution in [0.15, 0.2) is 327 Å².